The zero-order valence-corrected chi connectivity index (χ0v) is 20.3. The van der Waals surface area contributed by atoms with Gasteiger partial charge in [-0.2, -0.15) is 0 Å². The number of amides is 2. The lowest BCUT2D eigenvalue weighted by atomic mass is 10.1. The predicted molar refractivity (Wildman–Crippen MR) is 135 cm³/mol. The van der Waals surface area contributed by atoms with Crippen LogP contribution in [0.4, 0.5) is 0 Å². The van der Waals surface area contributed by atoms with E-state index in [1.807, 2.05) is 54.6 Å². The van der Waals surface area contributed by atoms with Crippen molar-refractivity contribution < 1.29 is 14.3 Å². The molecule has 4 rings (SSSR count). The minimum atomic E-state index is -0.471. The number of benzene rings is 3. The normalized spacial score (nSPS) is 10.7. The summed E-state index contributed by atoms with van der Waals surface area (Å²) in [5, 5.41) is 5.63. The Morgan fingerprint density at radius 3 is 2.50 bits per heavy atom. The maximum absolute atomic E-state index is 12.5. The SMILES string of the molecule is O=C(COc1ccc2ccccc2c1Br)NNC(=S)NC(=O)c1sc2ccccc2c1Cl. The Balaban J connectivity index is 1.29. The molecule has 3 N–H and O–H groups in total. The number of halogens is 2. The van der Waals surface area contributed by atoms with E-state index in [9.17, 15) is 9.59 Å². The molecule has 3 aromatic carbocycles. The molecule has 0 saturated heterocycles. The zero-order valence-electron chi connectivity index (χ0n) is 16.3. The second kappa shape index (κ2) is 9.83. The summed E-state index contributed by atoms with van der Waals surface area (Å²) >= 11 is 16.2. The topological polar surface area (TPSA) is 79.5 Å². The summed E-state index contributed by atoms with van der Waals surface area (Å²) in [5.74, 6) is -0.394. The summed E-state index contributed by atoms with van der Waals surface area (Å²) in [7, 11) is 0. The van der Waals surface area contributed by atoms with Gasteiger partial charge in [-0.25, -0.2) is 0 Å². The molecular weight excluding hydrogens is 534 g/mol. The van der Waals surface area contributed by atoms with Crippen LogP contribution in [0.15, 0.2) is 65.1 Å². The van der Waals surface area contributed by atoms with Crippen LogP contribution in [0, 0.1) is 0 Å². The zero-order chi connectivity index (χ0) is 22.7. The fraction of sp³-hybridized carbons (Fsp3) is 0.0455. The fourth-order valence-electron chi connectivity index (χ4n) is 2.98. The molecule has 0 atom stereocenters. The number of hydrazine groups is 1. The molecule has 6 nitrogen and oxygen atoms in total. The van der Waals surface area contributed by atoms with Gasteiger partial charge >= 0.3 is 0 Å². The summed E-state index contributed by atoms with van der Waals surface area (Å²) in [6, 6.07) is 19.0. The Hall–Kier alpha value is -2.72. The molecule has 0 unspecified atom stereocenters. The third kappa shape index (κ3) is 4.86. The lowest BCUT2D eigenvalue weighted by molar-refractivity contribution is -0.123. The van der Waals surface area contributed by atoms with Crippen molar-refractivity contribution in [1.29, 1.82) is 0 Å². The number of hydrogen-bond acceptors (Lipinski definition) is 5. The summed E-state index contributed by atoms with van der Waals surface area (Å²) in [4.78, 5) is 24.9. The summed E-state index contributed by atoms with van der Waals surface area (Å²) in [6.07, 6.45) is 0. The first-order valence-electron chi connectivity index (χ1n) is 9.31. The van der Waals surface area contributed by atoms with Crippen LogP contribution in [0.5, 0.6) is 5.75 Å². The van der Waals surface area contributed by atoms with Crippen molar-refractivity contribution in [1.82, 2.24) is 16.2 Å². The molecule has 1 aromatic heterocycles. The van der Waals surface area contributed by atoms with Crippen molar-refractivity contribution in [3.8, 4) is 5.75 Å². The van der Waals surface area contributed by atoms with Crippen molar-refractivity contribution >= 4 is 88.9 Å². The fourth-order valence-corrected chi connectivity index (χ4v) is 5.15. The van der Waals surface area contributed by atoms with Gasteiger partial charge in [0.05, 0.1) is 9.50 Å². The van der Waals surface area contributed by atoms with Gasteiger partial charge in [0, 0.05) is 10.1 Å². The Bertz CT molecular complexity index is 1360. The number of rotatable bonds is 4. The highest BCUT2D eigenvalue weighted by atomic mass is 79.9. The second-order valence-corrected chi connectivity index (χ2v) is 9.22. The van der Waals surface area contributed by atoms with Gasteiger partial charge in [-0.3, -0.25) is 25.8 Å². The van der Waals surface area contributed by atoms with Gasteiger partial charge in [0.1, 0.15) is 10.6 Å². The number of thiocarbonyl (C=S) groups is 1. The molecule has 0 aliphatic heterocycles. The maximum atomic E-state index is 12.5. The molecular formula is C22H15BrClN3O3S2. The van der Waals surface area contributed by atoms with Crippen LogP contribution in [-0.2, 0) is 4.79 Å². The van der Waals surface area contributed by atoms with Crippen LogP contribution in [0.3, 0.4) is 0 Å². The monoisotopic (exact) mass is 547 g/mol. The first kappa shape index (κ1) is 22.5. The van der Waals surface area contributed by atoms with E-state index in [2.05, 4.69) is 32.1 Å². The molecule has 0 spiro atoms. The highest BCUT2D eigenvalue weighted by Gasteiger charge is 2.18. The average Bonchev–Trinajstić information content (AvgIpc) is 3.14. The van der Waals surface area contributed by atoms with E-state index in [1.165, 1.54) is 11.3 Å². The molecule has 0 bridgehead atoms. The van der Waals surface area contributed by atoms with Crippen molar-refractivity contribution in [3.05, 3.63) is 75.0 Å². The van der Waals surface area contributed by atoms with Crippen LogP contribution >= 0.6 is 51.1 Å². The number of thiophene rings is 1. The largest absolute Gasteiger partial charge is 0.483 e. The quantitative estimate of drug-likeness (QED) is 0.242. The standard InChI is InChI=1S/C22H15BrClN3O3S2/c23-18-13-6-2-1-5-12(13)9-10-15(18)30-11-17(28)26-27-22(31)25-21(29)20-19(24)14-7-3-4-8-16(14)32-20/h1-10H,11H2,(H,26,28)(H2,25,27,29,31). The van der Waals surface area contributed by atoms with Crippen molar-refractivity contribution in [2.75, 3.05) is 6.61 Å². The average molecular weight is 549 g/mol. The molecule has 1 heterocycles. The van der Waals surface area contributed by atoms with Crippen molar-refractivity contribution in [3.63, 3.8) is 0 Å². The number of hydrogen-bond donors (Lipinski definition) is 3. The number of fused-ring (bicyclic) bond motifs is 2. The lowest BCUT2D eigenvalue weighted by Gasteiger charge is -2.12. The Morgan fingerprint density at radius 1 is 1.00 bits per heavy atom. The third-order valence-corrected chi connectivity index (χ3v) is 7.17. The maximum Gasteiger partial charge on any atom is 0.276 e. The van der Waals surface area contributed by atoms with Gasteiger partial charge in [-0.15, -0.1) is 11.3 Å². The van der Waals surface area contributed by atoms with Gasteiger partial charge in [0.15, 0.2) is 11.7 Å². The Morgan fingerprint density at radius 2 is 1.72 bits per heavy atom. The van der Waals surface area contributed by atoms with E-state index in [-0.39, 0.29) is 11.7 Å². The molecule has 0 fully saturated rings. The van der Waals surface area contributed by atoms with E-state index in [4.69, 9.17) is 28.6 Å². The highest BCUT2D eigenvalue weighted by Crippen LogP contribution is 2.35. The van der Waals surface area contributed by atoms with E-state index in [0.717, 1.165) is 25.3 Å². The minimum Gasteiger partial charge on any atom is -0.483 e. The Kier molecular flexibility index (Phi) is 6.90. The molecule has 32 heavy (non-hydrogen) atoms. The summed E-state index contributed by atoms with van der Waals surface area (Å²) in [5.41, 5.74) is 4.88. The van der Waals surface area contributed by atoms with Crippen molar-refractivity contribution in [2.24, 2.45) is 0 Å². The van der Waals surface area contributed by atoms with E-state index < -0.39 is 11.8 Å². The van der Waals surface area contributed by atoms with Crippen LogP contribution in [-0.4, -0.2) is 23.5 Å². The minimum absolute atomic E-state index is 0.0660. The molecule has 2 amide bonds. The van der Waals surface area contributed by atoms with E-state index in [0.29, 0.717) is 15.6 Å². The predicted octanol–water partition coefficient (Wildman–Crippen LogP) is 5.18. The second-order valence-electron chi connectivity index (χ2n) is 6.59. The number of nitrogens with one attached hydrogen (secondary N) is 3. The Labute approximate surface area is 206 Å². The van der Waals surface area contributed by atoms with Gasteiger partial charge in [-0.1, -0.05) is 60.1 Å². The van der Waals surface area contributed by atoms with Gasteiger partial charge < -0.3 is 4.74 Å². The van der Waals surface area contributed by atoms with Gasteiger partial charge in [-0.05, 0) is 51.1 Å². The number of ether oxygens (including phenoxy) is 1. The third-order valence-electron chi connectivity index (χ3n) is 4.47. The first-order valence-corrected chi connectivity index (χ1v) is 11.7. The van der Waals surface area contributed by atoms with Crippen molar-refractivity contribution in [2.45, 2.75) is 0 Å². The highest BCUT2D eigenvalue weighted by molar-refractivity contribution is 9.10. The van der Waals surface area contributed by atoms with Gasteiger partial charge in [0.25, 0.3) is 11.8 Å². The molecule has 0 radical (unpaired) electrons. The summed E-state index contributed by atoms with van der Waals surface area (Å²) < 4.78 is 7.25. The summed E-state index contributed by atoms with van der Waals surface area (Å²) in [6.45, 7) is -0.247. The van der Waals surface area contributed by atoms with Crippen LogP contribution in [0.25, 0.3) is 20.9 Å². The van der Waals surface area contributed by atoms with Crippen LogP contribution < -0.4 is 20.9 Å². The number of carbonyl (C=O) groups excluding carboxylic acids is 2. The molecule has 4 aromatic rings. The van der Waals surface area contributed by atoms with Gasteiger partial charge in [0.2, 0.25) is 0 Å². The van der Waals surface area contributed by atoms with Crippen LogP contribution in [0.2, 0.25) is 5.02 Å². The first-order chi connectivity index (χ1) is 15.4. The number of carbonyl (C=O) groups is 2. The van der Waals surface area contributed by atoms with E-state index >= 15 is 0 Å². The van der Waals surface area contributed by atoms with Crippen LogP contribution in [0.1, 0.15) is 9.67 Å². The molecule has 10 heteroatoms. The van der Waals surface area contributed by atoms with E-state index in [1.54, 1.807) is 6.07 Å². The lowest BCUT2D eigenvalue weighted by Crippen LogP contribution is -2.49. The smallest absolute Gasteiger partial charge is 0.276 e. The molecule has 0 saturated carbocycles. The molecule has 0 aliphatic rings. The molecule has 162 valence electrons. The molecule has 0 aliphatic carbocycles.